The molecule has 2 aromatic rings. The summed E-state index contributed by atoms with van der Waals surface area (Å²) in [6, 6.07) is 9.17. The maximum absolute atomic E-state index is 12.2. The Bertz CT molecular complexity index is 660. The molecule has 0 saturated carbocycles. The molecule has 0 amide bonds. The Morgan fingerprint density at radius 3 is 2.50 bits per heavy atom. The van der Waals surface area contributed by atoms with Crippen LogP contribution in [0.25, 0.3) is 0 Å². The zero-order chi connectivity index (χ0) is 14.6. The van der Waals surface area contributed by atoms with Gasteiger partial charge in [-0.1, -0.05) is 37.3 Å². The first-order chi connectivity index (χ1) is 9.50. The SMILES string of the molecule is CCCc1nc(C)c(CS(=O)(=O)Cc2ccccc2)o1. The van der Waals surface area contributed by atoms with Crippen LogP contribution in [0, 0.1) is 6.92 Å². The summed E-state index contributed by atoms with van der Waals surface area (Å²) < 4.78 is 29.9. The van der Waals surface area contributed by atoms with E-state index in [-0.39, 0.29) is 11.5 Å². The van der Waals surface area contributed by atoms with Gasteiger partial charge in [-0.25, -0.2) is 13.4 Å². The van der Waals surface area contributed by atoms with Crippen molar-refractivity contribution >= 4 is 9.84 Å². The zero-order valence-corrected chi connectivity index (χ0v) is 12.6. The smallest absolute Gasteiger partial charge is 0.194 e. The quantitative estimate of drug-likeness (QED) is 0.821. The van der Waals surface area contributed by atoms with Crippen molar-refractivity contribution in [3.63, 3.8) is 0 Å². The number of nitrogens with zero attached hydrogens (tertiary/aromatic N) is 1. The molecule has 0 aliphatic heterocycles. The van der Waals surface area contributed by atoms with Gasteiger partial charge in [0.25, 0.3) is 0 Å². The largest absolute Gasteiger partial charge is 0.444 e. The summed E-state index contributed by atoms with van der Waals surface area (Å²) >= 11 is 0. The van der Waals surface area contributed by atoms with E-state index in [1.54, 1.807) is 6.92 Å². The van der Waals surface area contributed by atoms with E-state index >= 15 is 0 Å². The summed E-state index contributed by atoms with van der Waals surface area (Å²) in [5.74, 6) is 1.01. The summed E-state index contributed by atoms with van der Waals surface area (Å²) in [6.45, 7) is 3.82. The van der Waals surface area contributed by atoms with Crippen LogP contribution in [-0.2, 0) is 27.8 Å². The lowest BCUT2D eigenvalue weighted by Crippen LogP contribution is -2.07. The van der Waals surface area contributed by atoms with Crippen molar-refractivity contribution in [1.29, 1.82) is 0 Å². The molecule has 0 N–H and O–H groups in total. The average Bonchev–Trinajstić information content (AvgIpc) is 2.70. The van der Waals surface area contributed by atoms with Crippen LogP contribution in [0.2, 0.25) is 0 Å². The van der Waals surface area contributed by atoms with Crippen LogP contribution in [0.3, 0.4) is 0 Å². The highest BCUT2D eigenvalue weighted by atomic mass is 32.2. The first-order valence-electron chi connectivity index (χ1n) is 6.69. The molecule has 0 saturated heterocycles. The second-order valence-corrected chi connectivity index (χ2v) is 6.95. The predicted molar refractivity (Wildman–Crippen MR) is 78.0 cm³/mol. The van der Waals surface area contributed by atoms with Crippen molar-refractivity contribution < 1.29 is 12.8 Å². The van der Waals surface area contributed by atoms with Crippen molar-refractivity contribution in [3.05, 3.63) is 53.2 Å². The molecule has 4 nitrogen and oxygen atoms in total. The summed E-state index contributed by atoms with van der Waals surface area (Å²) in [6.07, 6.45) is 1.66. The number of oxazole rings is 1. The fourth-order valence-corrected chi connectivity index (χ4v) is 3.49. The second-order valence-electron chi connectivity index (χ2n) is 4.88. The number of hydrogen-bond acceptors (Lipinski definition) is 4. The third-order valence-electron chi connectivity index (χ3n) is 2.98. The molecule has 0 spiro atoms. The minimum atomic E-state index is -3.25. The second kappa shape index (κ2) is 6.22. The molecule has 20 heavy (non-hydrogen) atoms. The van der Waals surface area contributed by atoms with Gasteiger partial charge in [-0.3, -0.25) is 0 Å². The molecule has 1 aromatic heterocycles. The monoisotopic (exact) mass is 293 g/mol. The van der Waals surface area contributed by atoms with Crippen molar-refractivity contribution in [2.75, 3.05) is 0 Å². The Hall–Kier alpha value is -1.62. The Labute approximate surface area is 119 Å². The number of sulfone groups is 1. The van der Waals surface area contributed by atoms with Crippen LogP contribution >= 0.6 is 0 Å². The van der Waals surface area contributed by atoms with Crippen LogP contribution < -0.4 is 0 Å². The van der Waals surface area contributed by atoms with Gasteiger partial charge < -0.3 is 4.42 Å². The van der Waals surface area contributed by atoms with E-state index in [0.717, 1.165) is 18.4 Å². The molecular weight excluding hydrogens is 274 g/mol. The lowest BCUT2D eigenvalue weighted by atomic mass is 10.2. The zero-order valence-electron chi connectivity index (χ0n) is 11.8. The van der Waals surface area contributed by atoms with Gasteiger partial charge in [-0.05, 0) is 18.9 Å². The Balaban J connectivity index is 2.12. The van der Waals surface area contributed by atoms with Gasteiger partial charge in [0.1, 0.15) is 11.5 Å². The number of rotatable bonds is 6. The summed E-state index contributed by atoms with van der Waals surface area (Å²) in [5.41, 5.74) is 1.46. The highest BCUT2D eigenvalue weighted by molar-refractivity contribution is 7.89. The Morgan fingerprint density at radius 1 is 1.15 bits per heavy atom. The first-order valence-corrected chi connectivity index (χ1v) is 8.52. The molecule has 2 rings (SSSR count). The topological polar surface area (TPSA) is 60.2 Å². The fraction of sp³-hybridized carbons (Fsp3) is 0.400. The summed E-state index contributed by atoms with van der Waals surface area (Å²) in [5, 5.41) is 0. The van der Waals surface area contributed by atoms with Crippen LogP contribution in [0.15, 0.2) is 34.7 Å². The van der Waals surface area contributed by atoms with Gasteiger partial charge in [0.05, 0.1) is 11.4 Å². The van der Waals surface area contributed by atoms with Crippen molar-refractivity contribution in [3.8, 4) is 0 Å². The van der Waals surface area contributed by atoms with E-state index in [2.05, 4.69) is 4.98 Å². The van der Waals surface area contributed by atoms with Gasteiger partial charge in [0.2, 0.25) is 0 Å². The molecule has 0 radical (unpaired) electrons. The van der Waals surface area contributed by atoms with E-state index in [0.29, 0.717) is 17.3 Å². The molecule has 0 fully saturated rings. The molecule has 0 atom stereocenters. The van der Waals surface area contributed by atoms with Crippen LogP contribution in [0.4, 0.5) is 0 Å². The van der Waals surface area contributed by atoms with Crippen LogP contribution in [-0.4, -0.2) is 13.4 Å². The van der Waals surface area contributed by atoms with Gasteiger partial charge in [-0.15, -0.1) is 0 Å². The van der Waals surface area contributed by atoms with Crippen molar-refractivity contribution in [1.82, 2.24) is 4.98 Å². The van der Waals surface area contributed by atoms with E-state index < -0.39 is 9.84 Å². The molecular formula is C15H19NO3S. The van der Waals surface area contributed by atoms with E-state index in [1.807, 2.05) is 37.3 Å². The minimum Gasteiger partial charge on any atom is -0.444 e. The molecule has 108 valence electrons. The van der Waals surface area contributed by atoms with E-state index in [4.69, 9.17) is 4.42 Å². The molecule has 0 aliphatic carbocycles. The Kier molecular flexibility index (Phi) is 4.60. The maximum atomic E-state index is 12.2. The Morgan fingerprint density at radius 2 is 1.85 bits per heavy atom. The standard InChI is InChI=1S/C15H19NO3S/c1-3-7-15-16-12(2)14(19-15)11-20(17,18)10-13-8-5-4-6-9-13/h4-6,8-9H,3,7,10-11H2,1-2H3. The highest BCUT2D eigenvalue weighted by Gasteiger charge is 2.19. The fourth-order valence-electron chi connectivity index (χ4n) is 2.02. The number of aryl methyl sites for hydroxylation is 2. The lowest BCUT2D eigenvalue weighted by Gasteiger charge is -2.03. The predicted octanol–water partition coefficient (Wildman–Crippen LogP) is 3.05. The third-order valence-corrected chi connectivity index (χ3v) is 4.46. The summed E-state index contributed by atoms with van der Waals surface area (Å²) in [4.78, 5) is 4.26. The van der Waals surface area contributed by atoms with Crippen LogP contribution in [0.5, 0.6) is 0 Å². The molecule has 5 heteroatoms. The van der Waals surface area contributed by atoms with E-state index in [1.165, 1.54) is 0 Å². The third kappa shape index (κ3) is 3.93. The molecule has 0 unspecified atom stereocenters. The van der Waals surface area contributed by atoms with Gasteiger partial charge in [0, 0.05) is 6.42 Å². The normalized spacial score (nSPS) is 11.7. The van der Waals surface area contributed by atoms with Crippen molar-refractivity contribution in [2.24, 2.45) is 0 Å². The number of benzene rings is 1. The van der Waals surface area contributed by atoms with Gasteiger partial charge >= 0.3 is 0 Å². The van der Waals surface area contributed by atoms with E-state index in [9.17, 15) is 8.42 Å². The first kappa shape index (κ1) is 14.8. The maximum Gasteiger partial charge on any atom is 0.194 e. The number of aromatic nitrogens is 1. The average molecular weight is 293 g/mol. The number of hydrogen-bond donors (Lipinski definition) is 0. The molecule has 0 aliphatic rings. The molecule has 1 heterocycles. The van der Waals surface area contributed by atoms with Gasteiger partial charge in [-0.2, -0.15) is 0 Å². The van der Waals surface area contributed by atoms with Crippen molar-refractivity contribution in [2.45, 2.75) is 38.2 Å². The molecule has 1 aromatic carbocycles. The summed E-state index contributed by atoms with van der Waals surface area (Å²) in [7, 11) is -3.25. The van der Waals surface area contributed by atoms with Gasteiger partial charge in [0.15, 0.2) is 15.7 Å². The minimum absolute atomic E-state index is 0.0249. The molecule has 0 bridgehead atoms. The highest BCUT2D eigenvalue weighted by Crippen LogP contribution is 2.17. The lowest BCUT2D eigenvalue weighted by molar-refractivity contribution is 0.461. The van der Waals surface area contributed by atoms with Crippen LogP contribution in [0.1, 0.15) is 36.3 Å².